The third-order valence-electron chi connectivity index (χ3n) is 13.5. The van der Waals surface area contributed by atoms with Gasteiger partial charge in [-0.05, 0) is 57.8 Å². The molecule has 3 fully saturated rings. The number of amides is 1. The van der Waals surface area contributed by atoms with Gasteiger partial charge in [-0.2, -0.15) is 0 Å². The van der Waals surface area contributed by atoms with E-state index in [0.717, 1.165) is 38.5 Å². The monoisotopic (exact) mass is 1070 g/mol. The van der Waals surface area contributed by atoms with Gasteiger partial charge in [0.25, 0.3) is 0 Å². The molecule has 0 aromatic heterocycles. The van der Waals surface area contributed by atoms with Gasteiger partial charge >= 0.3 is 0 Å². The van der Waals surface area contributed by atoms with Crippen LogP contribution < -0.4 is 5.32 Å². The van der Waals surface area contributed by atoms with E-state index < -0.39 is 131 Å². The maximum absolute atomic E-state index is 13.2. The van der Waals surface area contributed by atoms with Crippen LogP contribution in [-0.2, 0) is 33.2 Å². The number of rotatable bonds is 38. The fourth-order valence-electron chi connectivity index (χ4n) is 8.92. The van der Waals surface area contributed by atoms with Crippen molar-refractivity contribution in [3.05, 3.63) is 72.9 Å². The van der Waals surface area contributed by atoms with Crippen LogP contribution in [0.15, 0.2) is 72.9 Å². The third kappa shape index (κ3) is 24.4. The molecule has 19 heteroatoms. The highest BCUT2D eigenvalue weighted by Crippen LogP contribution is 2.33. The Bertz CT molecular complexity index is 1660. The molecule has 0 saturated carbocycles. The summed E-state index contributed by atoms with van der Waals surface area (Å²) in [4.78, 5) is 13.2. The number of allylic oxidation sites excluding steroid dienone is 11. The summed E-state index contributed by atoms with van der Waals surface area (Å²) in [5, 5.41) is 120. The number of unbranched alkanes of at least 4 members (excludes halogenated alkanes) is 12. The van der Waals surface area contributed by atoms with Gasteiger partial charge in [0.1, 0.15) is 73.2 Å². The fourth-order valence-corrected chi connectivity index (χ4v) is 8.92. The molecule has 17 unspecified atom stereocenters. The van der Waals surface area contributed by atoms with E-state index in [2.05, 4.69) is 67.8 Å². The second-order valence-corrected chi connectivity index (χ2v) is 19.7. The average molecular weight is 1070 g/mol. The van der Waals surface area contributed by atoms with Crippen molar-refractivity contribution in [1.29, 1.82) is 0 Å². The highest BCUT2D eigenvalue weighted by atomic mass is 16.8. The first-order chi connectivity index (χ1) is 36.3. The Morgan fingerprint density at radius 2 is 0.933 bits per heavy atom. The lowest BCUT2D eigenvalue weighted by molar-refractivity contribution is -0.379. The van der Waals surface area contributed by atoms with Crippen LogP contribution in [0.25, 0.3) is 0 Å². The van der Waals surface area contributed by atoms with Gasteiger partial charge in [0.15, 0.2) is 18.9 Å². The summed E-state index contributed by atoms with van der Waals surface area (Å²) in [6, 6.07) is -1.03. The van der Waals surface area contributed by atoms with E-state index in [9.17, 15) is 61.0 Å². The molecule has 0 bridgehead atoms. The van der Waals surface area contributed by atoms with Crippen LogP contribution in [0.1, 0.15) is 142 Å². The van der Waals surface area contributed by atoms with Crippen LogP contribution in [0.3, 0.4) is 0 Å². The maximum Gasteiger partial charge on any atom is 0.220 e. The van der Waals surface area contributed by atoms with Gasteiger partial charge in [0.2, 0.25) is 5.91 Å². The lowest BCUT2D eigenvalue weighted by Crippen LogP contribution is -2.66. The topological polar surface area (TPSA) is 307 Å². The molecule has 3 aliphatic heterocycles. The van der Waals surface area contributed by atoms with Crippen LogP contribution in [0.4, 0.5) is 0 Å². The molecule has 17 atom stereocenters. The molecule has 3 aliphatic rings. The van der Waals surface area contributed by atoms with Gasteiger partial charge < -0.3 is 89.9 Å². The van der Waals surface area contributed by atoms with Gasteiger partial charge in [-0.15, -0.1) is 0 Å². The van der Waals surface area contributed by atoms with Crippen molar-refractivity contribution in [2.45, 2.75) is 247 Å². The highest BCUT2D eigenvalue weighted by molar-refractivity contribution is 5.76. The predicted octanol–water partition coefficient (Wildman–Crippen LogP) is 3.48. The van der Waals surface area contributed by atoms with Gasteiger partial charge in [-0.3, -0.25) is 4.79 Å². The average Bonchev–Trinajstić information content (AvgIpc) is 3.41. The summed E-state index contributed by atoms with van der Waals surface area (Å²) in [6.45, 7) is 1.49. The molecule has 19 nitrogen and oxygen atoms in total. The van der Waals surface area contributed by atoms with E-state index in [1.54, 1.807) is 6.08 Å². The number of carbonyl (C=O) groups is 1. The minimum absolute atomic E-state index is 0.111. The summed E-state index contributed by atoms with van der Waals surface area (Å²) < 4.78 is 34.1. The molecule has 0 spiro atoms. The van der Waals surface area contributed by atoms with Crippen molar-refractivity contribution in [3.63, 3.8) is 0 Å². The Kier molecular flexibility index (Phi) is 35.1. The zero-order valence-electron chi connectivity index (χ0n) is 44.5. The number of nitrogens with one attached hydrogen (secondary N) is 1. The SMILES string of the molecule is CC/C=C\C/C=C\C/C=C\C/C=C\CCC(=O)NC(COC1OC(CO)C(OC2OC(CO)C(OC3OC(CO)C(O)C(O)C3O)C(O)C2O)C(O)C1O)C(O)/C=C/CC/C=C/CCCCCCCCCCCCC. The maximum atomic E-state index is 13.2. The van der Waals surface area contributed by atoms with Crippen LogP contribution >= 0.6 is 0 Å². The lowest BCUT2D eigenvalue weighted by atomic mass is 9.96. The van der Waals surface area contributed by atoms with E-state index in [1.807, 2.05) is 18.2 Å². The molecule has 75 heavy (non-hydrogen) atoms. The molecular weight excluding hydrogens is 975 g/mol. The number of hydrogen-bond acceptors (Lipinski definition) is 18. The van der Waals surface area contributed by atoms with Gasteiger partial charge in [0, 0.05) is 6.42 Å². The second kappa shape index (κ2) is 39.6. The van der Waals surface area contributed by atoms with Crippen LogP contribution in [0.5, 0.6) is 0 Å². The minimum Gasteiger partial charge on any atom is -0.394 e. The Morgan fingerprint density at radius 3 is 1.48 bits per heavy atom. The van der Waals surface area contributed by atoms with Crippen molar-refractivity contribution in [2.75, 3.05) is 26.4 Å². The summed E-state index contributed by atoms with van der Waals surface area (Å²) in [5.41, 5.74) is 0. The standard InChI is InChI=1S/C56H95NO18/c1-3-5-7-9-11-13-15-17-18-19-20-22-23-25-27-29-31-33-40(61)39(57-44(62)34-32-30-28-26-24-21-16-14-12-10-8-6-4-2)38-70-54-50(68)47(65)52(42(36-59)72-54)75-56-51(69)48(66)53(43(37-60)73-56)74-55-49(67)46(64)45(63)41(35-58)71-55/h6,8,12,14,21,23-25,28,30-31,33,39-43,45-56,58-61,63-69H,3-5,7,9-11,13,15-20,22,26-27,29,32,34-38H2,1-2H3,(H,57,62)/b8-6-,14-12-,24-21-,25-23+,30-28-,33-31+. The molecule has 3 rings (SSSR count). The fraction of sp³-hybridized carbons (Fsp3) is 0.768. The molecule has 0 aromatic rings. The Morgan fingerprint density at radius 1 is 0.493 bits per heavy atom. The molecule has 3 heterocycles. The largest absolute Gasteiger partial charge is 0.394 e. The number of hydrogen-bond donors (Lipinski definition) is 12. The van der Waals surface area contributed by atoms with Crippen LogP contribution in [-0.4, -0.2) is 193 Å². The third-order valence-corrected chi connectivity index (χ3v) is 13.5. The van der Waals surface area contributed by atoms with Crippen LogP contribution in [0, 0.1) is 0 Å². The molecule has 0 aliphatic carbocycles. The Balaban J connectivity index is 1.57. The number of carbonyl (C=O) groups excluding carboxylic acids is 1. The van der Waals surface area contributed by atoms with E-state index >= 15 is 0 Å². The van der Waals surface area contributed by atoms with Crippen molar-refractivity contribution in [3.8, 4) is 0 Å². The second-order valence-electron chi connectivity index (χ2n) is 19.7. The minimum atomic E-state index is -1.99. The number of ether oxygens (including phenoxy) is 6. The number of aliphatic hydroxyl groups is 11. The van der Waals surface area contributed by atoms with Crippen molar-refractivity contribution in [2.24, 2.45) is 0 Å². The normalized spacial score (nSPS) is 31.8. The summed E-state index contributed by atoms with van der Waals surface area (Å²) >= 11 is 0. The van der Waals surface area contributed by atoms with Gasteiger partial charge in [-0.1, -0.05) is 151 Å². The first-order valence-corrected chi connectivity index (χ1v) is 27.7. The zero-order valence-corrected chi connectivity index (χ0v) is 44.5. The first-order valence-electron chi connectivity index (χ1n) is 27.7. The lowest BCUT2D eigenvalue weighted by Gasteiger charge is -2.48. The summed E-state index contributed by atoms with van der Waals surface area (Å²) in [7, 11) is 0. The molecule has 0 aromatic carbocycles. The molecule has 1 amide bonds. The van der Waals surface area contributed by atoms with Gasteiger partial charge in [-0.25, -0.2) is 0 Å². The summed E-state index contributed by atoms with van der Waals surface area (Å²) in [5.74, 6) is -0.370. The molecule has 12 N–H and O–H groups in total. The molecular formula is C56H95NO18. The zero-order chi connectivity index (χ0) is 54.8. The quantitative estimate of drug-likeness (QED) is 0.0311. The van der Waals surface area contributed by atoms with Crippen molar-refractivity contribution < 1.29 is 89.4 Å². The van der Waals surface area contributed by atoms with Crippen LogP contribution in [0.2, 0.25) is 0 Å². The molecule has 432 valence electrons. The highest BCUT2D eigenvalue weighted by Gasteiger charge is 2.53. The predicted molar refractivity (Wildman–Crippen MR) is 281 cm³/mol. The first kappa shape index (κ1) is 66.5. The molecule has 3 saturated heterocycles. The van der Waals surface area contributed by atoms with E-state index in [0.29, 0.717) is 19.3 Å². The van der Waals surface area contributed by atoms with Crippen molar-refractivity contribution in [1.82, 2.24) is 5.32 Å². The molecule has 0 radical (unpaired) electrons. The van der Waals surface area contributed by atoms with Crippen molar-refractivity contribution >= 4 is 5.91 Å². The van der Waals surface area contributed by atoms with E-state index in [4.69, 9.17) is 28.4 Å². The smallest absolute Gasteiger partial charge is 0.220 e. The Labute approximate surface area is 445 Å². The number of aliphatic hydroxyl groups excluding tert-OH is 11. The van der Waals surface area contributed by atoms with E-state index in [-0.39, 0.29) is 12.3 Å². The van der Waals surface area contributed by atoms with Gasteiger partial charge in [0.05, 0.1) is 38.6 Å². The Hall–Kier alpha value is -2.77. The van der Waals surface area contributed by atoms with E-state index in [1.165, 1.54) is 64.2 Å². The summed E-state index contributed by atoms with van der Waals surface area (Å²) in [6.07, 6.45) is 17.8.